The summed E-state index contributed by atoms with van der Waals surface area (Å²) in [6, 6.07) is 4.94. The molecule has 1 aliphatic rings. The fraction of sp³-hybridized carbons (Fsp3) is 0.533. The van der Waals surface area contributed by atoms with Crippen LogP contribution in [-0.4, -0.2) is 48.0 Å². The Labute approximate surface area is 110 Å². The van der Waals surface area contributed by atoms with Crippen LogP contribution in [0.15, 0.2) is 24.9 Å². The molecule has 0 radical (unpaired) electrons. The van der Waals surface area contributed by atoms with Crippen LogP contribution in [0.5, 0.6) is 0 Å². The molecule has 1 aromatic rings. The van der Waals surface area contributed by atoms with E-state index in [4.69, 9.17) is 0 Å². The second-order valence-corrected chi connectivity index (χ2v) is 5.27. The van der Waals surface area contributed by atoms with Gasteiger partial charge in [-0.25, -0.2) is 0 Å². The summed E-state index contributed by atoms with van der Waals surface area (Å²) in [5, 5.41) is 0. The minimum absolute atomic E-state index is 0.752. The molecule has 1 aliphatic heterocycles. The first-order valence-corrected chi connectivity index (χ1v) is 6.65. The minimum Gasteiger partial charge on any atom is -0.306 e. The highest BCUT2D eigenvalue weighted by molar-refractivity contribution is 5.41. The second-order valence-electron chi connectivity index (χ2n) is 5.27. The molecule has 0 aliphatic carbocycles. The third kappa shape index (κ3) is 3.40. The molecular formula is C15H23N3. The van der Waals surface area contributed by atoms with E-state index in [9.17, 15) is 0 Å². The van der Waals surface area contributed by atoms with Crippen LogP contribution >= 0.6 is 0 Å². The van der Waals surface area contributed by atoms with Gasteiger partial charge in [0.05, 0.1) is 5.69 Å². The zero-order valence-electron chi connectivity index (χ0n) is 11.5. The summed E-state index contributed by atoms with van der Waals surface area (Å²) in [5.41, 5.74) is 2.24. The summed E-state index contributed by atoms with van der Waals surface area (Å²) in [6.45, 7) is 7.12. The lowest BCUT2D eigenvalue weighted by atomic mass is 10.0. The van der Waals surface area contributed by atoms with Gasteiger partial charge in [-0.15, -0.1) is 0 Å². The van der Waals surface area contributed by atoms with Gasteiger partial charge in [0.1, 0.15) is 0 Å². The molecule has 0 aromatic carbocycles. The maximum atomic E-state index is 4.35. The van der Waals surface area contributed by atoms with Gasteiger partial charge in [-0.2, -0.15) is 0 Å². The van der Waals surface area contributed by atoms with E-state index in [1.54, 1.807) is 6.08 Å². The number of nitrogens with zero attached hydrogens (tertiary/aromatic N) is 3. The highest BCUT2D eigenvalue weighted by Gasteiger charge is 2.20. The van der Waals surface area contributed by atoms with Crippen molar-refractivity contribution in [3.8, 4) is 0 Å². The summed E-state index contributed by atoms with van der Waals surface area (Å²) < 4.78 is 0. The molecule has 0 spiro atoms. The van der Waals surface area contributed by atoms with Gasteiger partial charge in [0.2, 0.25) is 0 Å². The monoisotopic (exact) mass is 245 g/mol. The van der Waals surface area contributed by atoms with Gasteiger partial charge in [0.25, 0.3) is 0 Å². The Balaban J connectivity index is 1.85. The SMILES string of the molecule is C=Cc1ccc(CN2CCC(N(C)C)CC2)cn1. The van der Waals surface area contributed by atoms with Crippen LogP contribution in [0.3, 0.4) is 0 Å². The van der Waals surface area contributed by atoms with Gasteiger partial charge in [0.15, 0.2) is 0 Å². The van der Waals surface area contributed by atoms with E-state index in [0.29, 0.717) is 0 Å². The quantitative estimate of drug-likeness (QED) is 0.811. The maximum absolute atomic E-state index is 4.35. The van der Waals surface area contributed by atoms with Crippen molar-refractivity contribution in [1.82, 2.24) is 14.8 Å². The lowest BCUT2D eigenvalue weighted by Crippen LogP contribution is -2.41. The Hall–Kier alpha value is -1.19. The van der Waals surface area contributed by atoms with Gasteiger partial charge in [-0.05, 0) is 57.7 Å². The van der Waals surface area contributed by atoms with E-state index in [-0.39, 0.29) is 0 Å². The Morgan fingerprint density at radius 2 is 2.11 bits per heavy atom. The van der Waals surface area contributed by atoms with Gasteiger partial charge >= 0.3 is 0 Å². The minimum atomic E-state index is 0.752. The van der Waals surface area contributed by atoms with Crippen molar-refractivity contribution in [2.75, 3.05) is 27.2 Å². The zero-order valence-corrected chi connectivity index (χ0v) is 11.5. The van der Waals surface area contributed by atoms with Crippen LogP contribution in [0, 0.1) is 0 Å². The van der Waals surface area contributed by atoms with E-state index in [1.807, 2.05) is 12.3 Å². The number of aromatic nitrogens is 1. The van der Waals surface area contributed by atoms with E-state index in [2.05, 4.69) is 41.5 Å². The Morgan fingerprint density at radius 1 is 1.39 bits per heavy atom. The Bertz CT molecular complexity index is 375. The standard InChI is InChI=1S/C15H23N3/c1-4-14-6-5-13(11-16-14)12-18-9-7-15(8-10-18)17(2)3/h4-6,11,15H,1,7-10,12H2,2-3H3. The first-order chi connectivity index (χ1) is 8.69. The highest BCUT2D eigenvalue weighted by atomic mass is 15.2. The van der Waals surface area contributed by atoms with Gasteiger partial charge in [0, 0.05) is 18.8 Å². The number of pyridine rings is 1. The molecule has 18 heavy (non-hydrogen) atoms. The molecule has 0 N–H and O–H groups in total. The predicted octanol–water partition coefficient (Wildman–Crippen LogP) is 2.25. The fourth-order valence-electron chi connectivity index (χ4n) is 2.50. The normalized spacial score (nSPS) is 18.2. The lowest BCUT2D eigenvalue weighted by Gasteiger charge is -2.35. The fourth-order valence-corrected chi connectivity index (χ4v) is 2.50. The van der Waals surface area contributed by atoms with Crippen LogP contribution in [0.1, 0.15) is 24.1 Å². The summed E-state index contributed by atoms with van der Waals surface area (Å²) in [7, 11) is 4.36. The van der Waals surface area contributed by atoms with Crippen LogP contribution < -0.4 is 0 Å². The number of rotatable bonds is 4. The van der Waals surface area contributed by atoms with E-state index in [0.717, 1.165) is 18.3 Å². The Morgan fingerprint density at radius 3 is 2.61 bits per heavy atom. The maximum Gasteiger partial charge on any atom is 0.0623 e. The molecule has 1 fully saturated rings. The number of hydrogen-bond donors (Lipinski definition) is 0. The molecule has 2 rings (SSSR count). The third-order valence-corrected chi connectivity index (χ3v) is 3.75. The molecule has 0 amide bonds. The molecule has 0 atom stereocenters. The molecule has 3 heteroatoms. The van der Waals surface area contributed by atoms with Crippen molar-refractivity contribution in [1.29, 1.82) is 0 Å². The van der Waals surface area contributed by atoms with Crippen LogP contribution in [0.2, 0.25) is 0 Å². The predicted molar refractivity (Wildman–Crippen MR) is 76.3 cm³/mol. The van der Waals surface area contributed by atoms with Crippen molar-refractivity contribution in [3.63, 3.8) is 0 Å². The third-order valence-electron chi connectivity index (χ3n) is 3.75. The van der Waals surface area contributed by atoms with E-state index < -0.39 is 0 Å². The molecule has 3 nitrogen and oxygen atoms in total. The molecule has 0 unspecified atom stereocenters. The summed E-state index contributed by atoms with van der Waals surface area (Å²) in [5.74, 6) is 0. The van der Waals surface area contributed by atoms with Crippen LogP contribution in [0.25, 0.3) is 6.08 Å². The van der Waals surface area contributed by atoms with Crippen LogP contribution in [-0.2, 0) is 6.54 Å². The summed E-state index contributed by atoms with van der Waals surface area (Å²) in [6.07, 6.45) is 6.29. The molecule has 2 heterocycles. The largest absolute Gasteiger partial charge is 0.306 e. The first-order valence-electron chi connectivity index (χ1n) is 6.65. The number of piperidine rings is 1. The van der Waals surface area contributed by atoms with Gasteiger partial charge in [-0.3, -0.25) is 9.88 Å². The van der Waals surface area contributed by atoms with Crippen molar-refractivity contribution in [2.24, 2.45) is 0 Å². The molecule has 0 saturated carbocycles. The highest BCUT2D eigenvalue weighted by Crippen LogP contribution is 2.16. The van der Waals surface area contributed by atoms with Crippen molar-refractivity contribution in [2.45, 2.75) is 25.4 Å². The van der Waals surface area contributed by atoms with E-state index >= 15 is 0 Å². The molecule has 1 saturated heterocycles. The van der Waals surface area contributed by atoms with Gasteiger partial charge in [-0.1, -0.05) is 12.6 Å². The second kappa shape index (κ2) is 6.12. The first kappa shape index (κ1) is 13.2. The number of hydrogen-bond acceptors (Lipinski definition) is 3. The van der Waals surface area contributed by atoms with Crippen molar-refractivity contribution >= 4 is 6.08 Å². The average molecular weight is 245 g/mol. The van der Waals surface area contributed by atoms with Gasteiger partial charge < -0.3 is 4.90 Å². The Kier molecular flexibility index (Phi) is 4.50. The van der Waals surface area contributed by atoms with E-state index in [1.165, 1.54) is 31.5 Å². The number of likely N-dealkylation sites (tertiary alicyclic amines) is 1. The smallest absolute Gasteiger partial charge is 0.0623 e. The zero-order chi connectivity index (χ0) is 13.0. The molecule has 98 valence electrons. The van der Waals surface area contributed by atoms with Crippen LogP contribution in [0.4, 0.5) is 0 Å². The van der Waals surface area contributed by atoms with Crippen molar-refractivity contribution < 1.29 is 0 Å². The van der Waals surface area contributed by atoms with Crippen molar-refractivity contribution in [3.05, 3.63) is 36.2 Å². The molecule has 1 aromatic heterocycles. The average Bonchev–Trinajstić information content (AvgIpc) is 2.40. The lowest BCUT2D eigenvalue weighted by molar-refractivity contribution is 0.140. The topological polar surface area (TPSA) is 19.4 Å². The summed E-state index contributed by atoms with van der Waals surface area (Å²) in [4.78, 5) is 9.22. The molecule has 0 bridgehead atoms. The molecular weight excluding hydrogens is 222 g/mol. The summed E-state index contributed by atoms with van der Waals surface area (Å²) >= 11 is 0.